The van der Waals surface area contributed by atoms with Crippen molar-refractivity contribution in [1.29, 1.82) is 0 Å². The maximum Gasteiger partial charge on any atom is 0.407 e. The minimum Gasteiger partial charge on any atom is -0.482 e. The van der Waals surface area contributed by atoms with E-state index in [2.05, 4.69) is 5.32 Å². The molecule has 0 fully saturated rings. The molecule has 0 aromatic heterocycles. The molecule has 0 aliphatic carbocycles. The number of alkyl carbamates (subject to hydrolysis) is 1. The average molecular weight is 314 g/mol. The van der Waals surface area contributed by atoms with Gasteiger partial charge in [-0.15, -0.1) is 0 Å². The van der Waals surface area contributed by atoms with Crippen LogP contribution in [0.25, 0.3) is 0 Å². The van der Waals surface area contributed by atoms with E-state index in [1.54, 1.807) is 27.7 Å². The number of nitro benzene ring substituents is 1. The van der Waals surface area contributed by atoms with E-state index in [9.17, 15) is 19.3 Å². The fraction of sp³-hybridized carbons (Fsp3) is 0.500. The van der Waals surface area contributed by atoms with Crippen molar-refractivity contribution < 1.29 is 23.6 Å². The molecule has 0 saturated heterocycles. The van der Waals surface area contributed by atoms with Crippen LogP contribution in [0.3, 0.4) is 0 Å². The molecule has 0 aliphatic heterocycles. The van der Waals surface area contributed by atoms with Crippen LogP contribution in [0, 0.1) is 15.9 Å². The number of carbonyl (C=O) groups is 1. The van der Waals surface area contributed by atoms with E-state index in [0.29, 0.717) is 0 Å². The lowest BCUT2D eigenvalue weighted by atomic mass is 10.2. The van der Waals surface area contributed by atoms with E-state index in [4.69, 9.17) is 9.47 Å². The van der Waals surface area contributed by atoms with Gasteiger partial charge in [0.2, 0.25) is 0 Å². The van der Waals surface area contributed by atoms with Crippen LogP contribution in [0.5, 0.6) is 5.75 Å². The zero-order valence-electron chi connectivity index (χ0n) is 12.9. The molecule has 1 amide bonds. The summed E-state index contributed by atoms with van der Waals surface area (Å²) >= 11 is 0. The van der Waals surface area contributed by atoms with Crippen LogP contribution in [0.2, 0.25) is 0 Å². The maximum atomic E-state index is 13.2. The van der Waals surface area contributed by atoms with Crippen LogP contribution in [0.4, 0.5) is 14.9 Å². The SMILES string of the molecule is CC(CNC(=O)OC(C)(C)C)Oc1cc(F)ccc1[N+](=O)[O-]. The van der Waals surface area contributed by atoms with Gasteiger partial charge >= 0.3 is 11.8 Å². The van der Waals surface area contributed by atoms with Crippen molar-refractivity contribution in [3.8, 4) is 5.75 Å². The summed E-state index contributed by atoms with van der Waals surface area (Å²) in [5, 5.41) is 13.3. The normalized spacial score (nSPS) is 12.4. The Hall–Kier alpha value is -2.38. The fourth-order valence-corrected chi connectivity index (χ4v) is 1.53. The van der Waals surface area contributed by atoms with Gasteiger partial charge in [0.1, 0.15) is 17.5 Å². The highest BCUT2D eigenvalue weighted by Gasteiger charge is 2.20. The quantitative estimate of drug-likeness (QED) is 0.666. The predicted molar refractivity (Wildman–Crippen MR) is 77.4 cm³/mol. The molecule has 0 radical (unpaired) electrons. The van der Waals surface area contributed by atoms with Crippen molar-refractivity contribution in [2.75, 3.05) is 6.54 Å². The number of nitro groups is 1. The van der Waals surface area contributed by atoms with E-state index < -0.39 is 28.5 Å². The number of hydrogen-bond acceptors (Lipinski definition) is 5. The zero-order chi connectivity index (χ0) is 16.9. The van der Waals surface area contributed by atoms with Crippen molar-refractivity contribution >= 4 is 11.8 Å². The van der Waals surface area contributed by atoms with Crippen LogP contribution < -0.4 is 10.1 Å². The molecular formula is C14H19FN2O5. The second-order valence-corrected chi connectivity index (χ2v) is 5.68. The Morgan fingerprint density at radius 1 is 1.45 bits per heavy atom. The van der Waals surface area contributed by atoms with E-state index in [1.807, 2.05) is 0 Å². The molecule has 0 heterocycles. The van der Waals surface area contributed by atoms with Crippen molar-refractivity contribution in [3.05, 3.63) is 34.1 Å². The van der Waals surface area contributed by atoms with Gasteiger partial charge in [-0.05, 0) is 33.8 Å². The number of hydrogen-bond donors (Lipinski definition) is 1. The van der Waals surface area contributed by atoms with Crippen LogP contribution in [-0.2, 0) is 4.74 Å². The third-order valence-electron chi connectivity index (χ3n) is 2.38. The number of nitrogens with one attached hydrogen (secondary N) is 1. The Morgan fingerprint density at radius 3 is 2.64 bits per heavy atom. The van der Waals surface area contributed by atoms with Crippen LogP contribution >= 0.6 is 0 Å². The molecule has 1 aromatic rings. The van der Waals surface area contributed by atoms with Gasteiger partial charge in [0.15, 0.2) is 5.75 Å². The summed E-state index contributed by atoms with van der Waals surface area (Å²) in [6.45, 7) is 6.82. The molecule has 1 unspecified atom stereocenters. The number of benzene rings is 1. The molecule has 1 rings (SSSR count). The Balaban J connectivity index is 2.62. The smallest absolute Gasteiger partial charge is 0.407 e. The highest BCUT2D eigenvalue weighted by molar-refractivity contribution is 5.67. The Bertz CT molecular complexity index is 557. The Morgan fingerprint density at radius 2 is 2.09 bits per heavy atom. The lowest BCUT2D eigenvalue weighted by Crippen LogP contribution is -2.37. The maximum absolute atomic E-state index is 13.2. The van der Waals surface area contributed by atoms with Gasteiger partial charge in [-0.1, -0.05) is 0 Å². The molecule has 7 nitrogen and oxygen atoms in total. The number of carbonyl (C=O) groups excluding carboxylic acids is 1. The predicted octanol–water partition coefficient (Wildman–Crippen LogP) is 3.03. The van der Waals surface area contributed by atoms with Crippen molar-refractivity contribution in [2.45, 2.75) is 39.4 Å². The first-order valence-corrected chi connectivity index (χ1v) is 6.66. The Kier molecular flexibility index (Phi) is 5.67. The zero-order valence-corrected chi connectivity index (χ0v) is 12.9. The highest BCUT2D eigenvalue weighted by atomic mass is 19.1. The fourth-order valence-electron chi connectivity index (χ4n) is 1.53. The van der Waals surface area contributed by atoms with Gasteiger partial charge in [0, 0.05) is 12.1 Å². The summed E-state index contributed by atoms with van der Waals surface area (Å²) in [6, 6.07) is 2.94. The van der Waals surface area contributed by atoms with Gasteiger partial charge < -0.3 is 14.8 Å². The second kappa shape index (κ2) is 7.06. The Labute approximate surface area is 127 Å². The summed E-state index contributed by atoms with van der Waals surface area (Å²) < 4.78 is 23.5. The summed E-state index contributed by atoms with van der Waals surface area (Å²) in [4.78, 5) is 21.7. The molecule has 8 heteroatoms. The molecule has 1 atom stereocenters. The largest absolute Gasteiger partial charge is 0.482 e. The summed E-state index contributed by atoms with van der Waals surface area (Å²) in [5.74, 6) is -0.837. The number of amides is 1. The van der Waals surface area contributed by atoms with Gasteiger partial charge in [-0.2, -0.15) is 0 Å². The van der Waals surface area contributed by atoms with E-state index in [0.717, 1.165) is 18.2 Å². The summed E-state index contributed by atoms with van der Waals surface area (Å²) in [7, 11) is 0. The summed E-state index contributed by atoms with van der Waals surface area (Å²) in [5.41, 5.74) is -0.972. The van der Waals surface area contributed by atoms with Crippen molar-refractivity contribution in [3.63, 3.8) is 0 Å². The van der Waals surface area contributed by atoms with Gasteiger partial charge in [-0.25, -0.2) is 9.18 Å². The van der Waals surface area contributed by atoms with Crippen molar-refractivity contribution in [1.82, 2.24) is 5.32 Å². The first kappa shape index (κ1) is 17.7. The molecule has 0 saturated carbocycles. The first-order chi connectivity index (χ1) is 10.1. The van der Waals surface area contributed by atoms with Crippen LogP contribution in [0.15, 0.2) is 18.2 Å². The molecule has 0 aliphatic rings. The minimum atomic E-state index is -0.664. The standard InChI is InChI=1S/C14H19FN2O5/c1-9(8-16-13(18)22-14(2,3)4)21-12-7-10(15)5-6-11(12)17(19)20/h5-7,9H,8H2,1-4H3,(H,16,18). The van der Waals surface area contributed by atoms with Gasteiger partial charge in [-0.3, -0.25) is 10.1 Å². The third kappa shape index (κ3) is 5.94. The topological polar surface area (TPSA) is 90.7 Å². The molecular weight excluding hydrogens is 295 g/mol. The molecule has 1 N–H and O–H groups in total. The molecule has 0 bridgehead atoms. The van der Waals surface area contributed by atoms with Crippen LogP contribution in [0.1, 0.15) is 27.7 Å². The van der Waals surface area contributed by atoms with E-state index in [-0.39, 0.29) is 18.0 Å². The third-order valence-corrected chi connectivity index (χ3v) is 2.38. The molecule has 122 valence electrons. The summed E-state index contributed by atoms with van der Waals surface area (Å²) in [6.07, 6.45) is -1.23. The lowest BCUT2D eigenvalue weighted by Gasteiger charge is -2.21. The first-order valence-electron chi connectivity index (χ1n) is 6.66. The second-order valence-electron chi connectivity index (χ2n) is 5.68. The van der Waals surface area contributed by atoms with Gasteiger partial charge in [0.05, 0.1) is 11.5 Å². The van der Waals surface area contributed by atoms with E-state index in [1.165, 1.54) is 0 Å². The average Bonchev–Trinajstić information content (AvgIpc) is 2.34. The molecule has 22 heavy (non-hydrogen) atoms. The number of rotatable bonds is 5. The molecule has 1 aromatic carbocycles. The van der Waals surface area contributed by atoms with Crippen LogP contribution in [-0.4, -0.2) is 29.3 Å². The monoisotopic (exact) mass is 314 g/mol. The molecule has 0 spiro atoms. The number of nitrogens with zero attached hydrogens (tertiary/aromatic N) is 1. The van der Waals surface area contributed by atoms with Gasteiger partial charge in [0.25, 0.3) is 0 Å². The highest BCUT2D eigenvalue weighted by Crippen LogP contribution is 2.28. The van der Waals surface area contributed by atoms with Crippen molar-refractivity contribution in [2.24, 2.45) is 0 Å². The minimum absolute atomic E-state index is 0.0581. The number of halogens is 1. The number of ether oxygens (including phenoxy) is 2. The van der Waals surface area contributed by atoms with E-state index >= 15 is 0 Å². The lowest BCUT2D eigenvalue weighted by molar-refractivity contribution is -0.386.